The van der Waals surface area contributed by atoms with Crippen LogP contribution in [0.4, 0.5) is 4.39 Å². The molecule has 2 rings (SSSR count). The first-order valence-electron chi connectivity index (χ1n) is 6.30. The van der Waals surface area contributed by atoms with Gasteiger partial charge < -0.3 is 10.1 Å². The molecular weight excluding hydrogens is 231 g/mol. The summed E-state index contributed by atoms with van der Waals surface area (Å²) in [6, 6.07) is 2.06. The molecule has 0 amide bonds. The summed E-state index contributed by atoms with van der Waals surface area (Å²) in [4.78, 5) is 4.01. The maximum atomic E-state index is 13.2. The third-order valence-electron chi connectivity index (χ3n) is 2.82. The number of nitrogens with one attached hydrogen (secondary N) is 1. The molecule has 0 atom stereocenters. The molecule has 98 valence electrons. The Hall–Kier alpha value is -1.42. The van der Waals surface area contributed by atoms with Crippen LogP contribution < -0.4 is 10.1 Å². The largest absolute Gasteiger partial charge is 0.477 e. The Labute approximate surface area is 107 Å². The Morgan fingerprint density at radius 1 is 1.61 bits per heavy atom. The number of pyridine rings is 1. The highest BCUT2D eigenvalue weighted by Crippen LogP contribution is 2.22. The fourth-order valence-corrected chi connectivity index (χ4v) is 1.59. The summed E-state index contributed by atoms with van der Waals surface area (Å²) < 4.78 is 18.8. The first kappa shape index (κ1) is 13.0. The van der Waals surface area contributed by atoms with Gasteiger partial charge in [0.2, 0.25) is 5.88 Å². The predicted octanol–water partition coefficient (Wildman–Crippen LogP) is 2.82. The number of hydrogen-bond acceptors (Lipinski definition) is 3. The van der Waals surface area contributed by atoms with Crippen LogP contribution in [0.25, 0.3) is 0 Å². The second kappa shape index (κ2) is 5.96. The van der Waals surface area contributed by atoms with E-state index in [1.807, 2.05) is 6.92 Å². The van der Waals surface area contributed by atoms with Crippen molar-refractivity contribution in [1.82, 2.24) is 10.3 Å². The SMILES string of the molecule is C=C(C)CCOc1ncc(F)cc1CNC1CC1. The van der Waals surface area contributed by atoms with Crippen LogP contribution in [0.15, 0.2) is 24.4 Å². The third-order valence-corrected chi connectivity index (χ3v) is 2.82. The molecule has 0 saturated heterocycles. The highest BCUT2D eigenvalue weighted by atomic mass is 19.1. The van der Waals surface area contributed by atoms with Gasteiger partial charge in [0, 0.05) is 24.6 Å². The van der Waals surface area contributed by atoms with E-state index < -0.39 is 0 Å². The molecule has 1 aliphatic rings. The Morgan fingerprint density at radius 2 is 2.39 bits per heavy atom. The second-order valence-corrected chi connectivity index (χ2v) is 4.83. The van der Waals surface area contributed by atoms with Gasteiger partial charge in [-0.2, -0.15) is 0 Å². The van der Waals surface area contributed by atoms with Crippen molar-refractivity contribution < 1.29 is 9.13 Å². The molecule has 4 heteroatoms. The van der Waals surface area contributed by atoms with Gasteiger partial charge in [-0.25, -0.2) is 9.37 Å². The molecule has 18 heavy (non-hydrogen) atoms. The summed E-state index contributed by atoms with van der Waals surface area (Å²) in [5.74, 6) is 0.195. The van der Waals surface area contributed by atoms with Crippen LogP contribution >= 0.6 is 0 Å². The van der Waals surface area contributed by atoms with E-state index in [0.29, 0.717) is 25.1 Å². The van der Waals surface area contributed by atoms with Crippen LogP contribution in [0.2, 0.25) is 0 Å². The first-order valence-corrected chi connectivity index (χ1v) is 6.30. The maximum Gasteiger partial charge on any atom is 0.218 e. The monoisotopic (exact) mass is 250 g/mol. The number of ether oxygens (including phenoxy) is 1. The van der Waals surface area contributed by atoms with E-state index in [1.54, 1.807) is 0 Å². The lowest BCUT2D eigenvalue weighted by Crippen LogP contribution is -2.17. The fraction of sp³-hybridized carbons (Fsp3) is 0.500. The third kappa shape index (κ3) is 4.11. The zero-order valence-electron chi connectivity index (χ0n) is 10.7. The molecular formula is C14H19FN2O. The van der Waals surface area contributed by atoms with Crippen LogP contribution in [0.5, 0.6) is 5.88 Å². The van der Waals surface area contributed by atoms with E-state index in [9.17, 15) is 4.39 Å². The van der Waals surface area contributed by atoms with E-state index in [2.05, 4.69) is 16.9 Å². The smallest absolute Gasteiger partial charge is 0.218 e. The van der Waals surface area contributed by atoms with Gasteiger partial charge >= 0.3 is 0 Å². The minimum atomic E-state index is -0.324. The van der Waals surface area contributed by atoms with Crippen molar-refractivity contribution in [3.05, 3.63) is 35.8 Å². The van der Waals surface area contributed by atoms with E-state index >= 15 is 0 Å². The summed E-state index contributed by atoms with van der Waals surface area (Å²) in [6.45, 7) is 6.91. The van der Waals surface area contributed by atoms with Gasteiger partial charge in [-0.1, -0.05) is 5.57 Å². The molecule has 1 fully saturated rings. The fourth-order valence-electron chi connectivity index (χ4n) is 1.59. The Kier molecular flexibility index (Phi) is 4.31. The predicted molar refractivity (Wildman–Crippen MR) is 69.0 cm³/mol. The molecule has 0 radical (unpaired) electrons. The summed E-state index contributed by atoms with van der Waals surface area (Å²) in [6.07, 6.45) is 4.38. The second-order valence-electron chi connectivity index (χ2n) is 4.83. The average molecular weight is 250 g/mol. The van der Waals surface area contributed by atoms with Crippen molar-refractivity contribution >= 4 is 0 Å². The Balaban J connectivity index is 1.94. The van der Waals surface area contributed by atoms with E-state index in [1.165, 1.54) is 25.1 Å². The molecule has 1 aromatic heterocycles. The Morgan fingerprint density at radius 3 is 3.06 bits per heavy atom. The Bertz CT molecular complexity index is 430. The van der Waals surface area contributed by atoms with Crippen molar-refractivity contribution in [2.24, 2.45) is 0 Å². The maximum absolute atomic E-state index is 13.2. The lowest BCUT2D eigenvalue weighted by Gasteiger charge is -2.11. The average Bonchev–Trinajstić information content (AvgIpc) is 3.12. The van der Waals surface area contributed by atoms with Gasteiger partial charge in [0.15, 0.2) is 0 Å². The first-order chi connectivity index (χ1) is 8.65. The van der Waals surface area contributed by atoms with Gasteiger partial charge in [-0.15, -0.1) is 6.58 Å². The number of nitrogens with zero attached hydrogens (tertiary/aromatic N) is 1. The molecule has 3 nitrogen and oxygen atoms in total. The molecule has 0 bridgehead atoms. The highest BCUT2D eigenvalue weighted by molar-refractivity contribution is 5.26. The molecule has 0 aromatic carbocycles. The summed E-state index contributed by atoms with van der Waals surface area (Å²) >= 11 is 0. The minimum Gasteiger partial charge on any atom is -0.477 e. The van der Waals surface area contributed by atoms with Crippen molar-refractivity contribution in [1.29, 1.82) is 0 Å². The van der Waals surface area contributed by atoms with Crippen LogP contribution in [-0.2, 0) is 6.54 Å². The number of halogens is 1. The van der Waals surface area contributed by atoms with Gasteiger partial charge in [0.25, 0.3) is 0 Å². The van der Waals surface area contributed by atoms with Gasteiger partial charge in [-0.3, -0.25) is 0 Å². The molecule has 1 N–H and O–H groups in total. The van der Waals surface area contributed by atoms with Crippen LogP contribution in [0, 0.1) is 5.82 Å². The van der Waals surface area contributed by atoms with E-state index in [0.717, 1.165) is 17.6 Å². The zero-order chi connectivity index (χ0) is 13.0. The van der Waals surface area contributed by atoms with Crippen molar-refractivity contribution in [2.45, 2.75) is 38.8 Å². The van der Waals surface area contributed by atoms with Gasteiger partial charge in [-0.05, 0) is 25.8 Å². The zero-order valence-corrected chi connectivity index (χ0v) is 10.7. The molecule has 0 unspecified atom stereocenters. The number of hydrogen-bond donors (Lipinski definition) is 1. The lowest BCUT2D eigenvalue weighted by atomic mass is 10.2. The summed E-state index contributed by atoms with van der Waals surface area (Å²) in [5.41, 5.74) is 1.85. The van der Waals surface area contributed by atoms with Crippen molar-refractivity contribution in [2.75, 3.05) is 6.61 Å². The molecule has 1 saturated carbocycles. The lowest BCUT2D eigenvalue weighted by molar-refractivity contribution is 0.303. The topological polar surface area (TPSA) is 34.1 Å². The molecule has 1 aromatic rings. The summed E-state index contributed by atoms with van der Waals surface area (Å²) in [5, 5.41) is 3.34. The van der Waals surface area contributed by atoms with Gasteiger partial charge in [0.05, 0.1) is 12.8 Å². The normalized spacial score (nSPS) is 14.6. The standard InChI is InChI=1S/C14H19FN2O/c1-10(2)5-6-18-14-11(7-12(15)9-17-14)8-16-13-3-4-13/h7,9,13,16H,1,3-6,8H2,2H3. The number of aromatic nitrogens is 1. The quantitative estimate of drug-likeness (QED) is 0.756. The summed E-state index contributed by atoms with van der Waals surface area (Å²) in [7, 11) is 0. The van der Waals surface area contributed by atoms with Crippen LogP contribution in [0.3, 0.4) is 0 Å². The molecule has 0 spiro atoms. The molecule has 0 aliphatic heterocycles. The van der Waals surface area contributed by atoms with Crippen LogP contribution in [0.1, 0.15) is 31.7 Å². The van der Waals surface area contributed by atoms with E-state index in [-0.39, 0.29) is 5.82 Å². The van der Waals surface area contributed by atoms with E-state index in [4.69, 9.17) is 4.74 Å². The minimum absolute atomic E-state index is 0.324. The molecule has 1 aliphatic carbocycles. The van der Waals surface area contributed by atoms with Crippen molar-refractivity contribution in [3.8, 4) is 5.88 Å². The highest BCUT2D eigenvalue weighted by Gasteiger charge is 2.21. The van der Waals surface area contributed by atoms with Crippen LogP contribution in [-0.4, -0.2) is 17.6 Å². The number of rotatable bonds is 7. The van der Waals surface area contributed by atoms with Crippen molar-refractivity contribution in [3.63, 3.8) is 0 Å². The van der Waals surface area contributed by atoms with Gasteiger partial charge in [0.1, 0.15) is 5.82 Å². The molecule has 1 heterocycles.